The molecule has 0 saturated carbocycles. The molecule has 1 unspecified atom stereocenters. The van der Waals surface area contributed by atoms with Crippen molar-refractivity contribution in [1.29, 1.82) is 0 Å². The SMILES string of the molecule is CCCCCCCCCCCCCCCCCCC(=O)OC[C@@H](COC(=O)CCCCCCCCCCCCC(C)C)OC(=O)CCCCCCCCC(C)CC. The van der Waals surface area contributed by atoms with E-state index in [1.165, 1.54) is 167 Å². The van der Waals surface area contributed by atoms with Gasteiger partial charge in [-0.2, -0.15) is 0 Å². The van der Waals surface area contributed by atoms with Crippen LogP contribution in [0.25, 0.3) is 0 Å². The predicted molar refractivity (Wildman–Crippen MR) is 243 cm³/mol. The van der Waals surface area contributed by atoms with Gasteiger partial charge >= 0.3 is 17.9 Å². The second kappa shape index (κ2) is 44.0. The van der Waals surface area contributed by atoms with Crippen LogP contribution in [0.2, 0.25) is 0 Å². The minimum absolute atomic E-state index is 0.0649. The molecule has 0 fully saturated rings. The van der Waals surface area contributed by atoms with Crippen molar-refractivity contribution in [3.8, 4) is 0 Å². The van der Waals surface area contributed by atoms with Gasteiger partial charge < -0.3 is 14.2 Å². The Morgan fingerprint density at radius 1 is 0.368 bits per heavy atom. The van der Waals surface area contributed by atoms with Gasteiger partial charge in [-0.1, -0.05) is 240 Å². The Labute approximate surface area is 355 Å². The van der Waals surface area contributed by atoms with Crippen molar-refractivity contribution in [2.45, 2.75) is 285 Å². The van der Waals surface area contributed by atoms with Crippen LogP contribution in [0.15, 0.2) is 0 Å². The molecule has 0 saturated heterocycles. The van der Waals surface area contributed by atoms with Crippen LogP contribution in [-0.2, 0) is 28.6 Å². The molecule has 0 radical (unpaired) electrons. The number of hydrogen-bond donors (Lipinski definition) is 0. The third kappa shape index (κ3) is 43.8. The second-order valence-corrected chi connectivity index (χ2v) is 18.2. The zero-order valence-electron chi connectivity index (χ0n) is 39.0. The third-order valence-corrected chi connectivity index (χ3v) is 11.8. The first kappa shape index (κ1) is 55.4. The van der Waals surface area contributed by atoms with Crippen LogP contribution >= 0.6 is 0 Å². The summed E-state index contributed by atoms with van der Waals surface area (Å²) in [6.45, 7) is 11.3. The van der Waals surface area contributed by atoms with Crippen molar-refractivity contribution in [3.63, 3.8) is 0 Å². The van der Waals surface area contributed by atoms with E-state index in [0.29, 0.717) is 19.3 Å². The Morgan fingerprint density at radius 3 is 1.00 bits per heavy atom. The molecule has 57 heavy (non-hydrogen) atoms. The van der Waals surface area contributed by atoms with Crippen molar-refractivity contribution in [2.75, 3.05) is 13.2 Å². The number of carbonyl (C=O) groups excluding carboxylic acids is 3. The standard InChI is InChI=1S/C51H98O6/c1-6-8-9-10-11-12-13-14-15-16-17-18-22-25-31-36-41-49(52)55-44-48(57-51(54)43-38-33-28-27-30-35-40-47(5)7-2)45-56-50(53)42-37-32-26-23-20-19-21-24-29-34-39-46(3)4/h46-48H,6-45H2,1-5H3/t47?,48-/m0/s1. The topological polar surface area (TPSA) is 78.9 Å². The Morgan fingerprint density at radius 2 is 0.667 bits per heavy atom. The molecule has 0 aliphatic carbocycles. The maximum atomic E-state index is 12.7. The van der Waals surface area contributed by atoms with E-state index < -0.39 is 6.10 Å². The smallest absolute Gasteiger partial charge is 0.306 e. The molecule has 0 amide bonds. The summed E-state index contributed by atoms with van der Waals surface area (Å²) in [4.78, 5) is 37.9. The lowest BCUT2D eigenvalue weighted by Gasteiger charge is -2.18. The normalized spacial score (nSPS) is 12.5. The highest BCUT2D eigenvalue weighted by Crippen LogP contribution is 2.17. The molecule has 338 valence electrons. The molecule has 6 nitrogen and oxygen atoms in total. The molecule has 0 aromatic heterocycles. The van der Waals surface area contributed by atoms with Crippen LogP contribution in [0.5, 0.6) is 0 Å². The Kier molecular flexibility index (Phi) is 42.7. The molecular weight excluding hydrogens is 709 g/mol. The number of carbonyl (C=O) groups is 3. The van der Waals surface area contributed by atoms with Crippen LogP contribution in [0.1, 0.15) is 279 Å². The lowest BCUT2D eigenvalue weighted by Crippen LogP contribution is -2.30. The largest absolute Gasteiger partial charge is 0.462 e. The van der Waals surface area contributed by atoms with E-state index in [9.17, 15) is 14.4 Å². The van der Waals surface area contributed by atoms with Gasteiger partial charge in [-0.15, -0.1) is 0 Å². The minimum atomic E-state index is -0.762. The van der Waals surface area contributed by atoms with Crippen LogP contribution in [0.3, 0.4) is 0 Å². The molecule has 0 rings (SSSR count). The quantitative estimate of drug-likeness (QED) is 0.0346. The summed E-state index contributed by atoms with van der Waals surface area (Å²) in [6, 6.07) is 0. The van der Waals surface area contributed by atoms with E-state index in [2.05, 4.69) is 34.6 Å². The van der Waals surface area contributed by atoms with Crippen LogP contribution in [0.4, 0.5) is 0 Å². The first-order valence-electron chi connectivity index (χ1n) is 25.3. The average Bonchev–Trinajstić information content (AvgIpc) is 3.19. The van der Waals surface area contributed by atoms with Gasteiger partial charge in [0.15, 0.2) is 6.10 Å². The third-order valence-electron chi connectivity index (χ3n) is 11.8. The monoisotopic (exact) mass is 807 g/mol. The van der Waals surface area contributed by atoms with Gasteiger partial charge in [-0.05, 0) is 31.1 Å². The van der Waals surface area contributed by atoms with E-state index in [1.54, 1.807) is 0 Å². The van der Waals surface area contributed by atoms with Gasteiger partial charge in [0.1, 0.15) is 13.2 Å². The van der Waals surface area contributed by atoms with E-state index >= 15 is 0 Å². The number of rotatable bonds is 45. The Bertz CT molecular complexity index is 872. The second-order valence-electron chi connectivity index (χ2n) is 18.2. The highest BCUT2D eigenvalue weighted by atomic mass is 16.6. The van der Waals surface area contributed by atoms with Gasteiger partial charge in [0.25, 0.3) is 0 Å². The zero-order valence-corrected chi connectivity index (χ0v) is 39.0. The molecule has 0 aliphatic rings. The molecule has 0 aromatic rings. The van der Waals surface area contributed by atoms with Crippen molar-refractivity contribution in [3.05, 3.63) is 0 Å². The zero-order chi connectivity index (χ0) is 41.9. The summed E-state index contributed by atoms with van der Waals surface area (Å²) < 4.78 is 16.8. The van der Waals surface area contributed by atoms with Crippen LogP contribution < -0.4 is 0 Å². The molecule has 0 aliphatic heterocycles. The fourth-order valence-electron chi connectivity index (χ4n) is 7.60. The summed E-state index contributed by atoms with van der Waals surface area (Å²) in [5.74, 6) is 0.774. The van der Waals surface area contributed by atoms with Crippen molar-refractivity contribution in [1.82, 2.24) is 0 Å². The van der Waals surface area contributed by atoms with Crippen LogP contribution in [-0.4, -0.2) is 37.2 Å². The summed E-state index contributed by atoms with van der Waals surface area (Å²) >= 11 is 0. The van der Waals surface area contributed by atoms with Gasteiger partial charge in [0.2, 0.25) is 0 Å². The summed E-state index contributed by atoms with van der Waals surface area (Å²) in [7, 11) is 0. The Balaban J connectivity index is 4.28. The van der Waals surface area contributed by atoms with Gasteiger partial charge in [0, 0.05) is 19.3 Å². The van der Waals surface area contributed by atoms with E-state index in [4.69, 9.17) is 14.2 Å². The Hall–Kier alpha value is -1.59. The van der Waals surface area contributed by atoms with Gasteiger partial charge in [-0.25, -0.2) is 0 Å². The molecule has 6 heteroatoms. The summed E-state index contributed by atoms with van der Waals surface area (Å²) in [6.07, 6.45) is 43.8. The lowest BCUT2D eigenvalue weighted by molar-refractivity contribution is -0.167. The number of hydrogen-bond acceptors (Lipinski definition) is 6. The first-order valence-corrected chi connectivity index (χ1v) is 25.3. The predicted octanol–water partition coefficient (Wildman–Crippen LogP) is 16.1. The molecule has 0 spiro atoms. The average molecular weight is 807 g/mol. The van der Waals surface area contributed by atoms with Gasteiger partial charge in [-0.3, -0.25) is 14.4 Å². The van der Waals surface area contributed by atoms with E-state index in [0.717, 1.165) is 69.6 Å². The maximum absolute atomic E-state index is 12.7. The lowest BCUT2D eigenvalue weighted by atomic mass is 10.00. The number of ether oxygens (including phenoxy) is 3. The molecule has 2 atom stereocenters. The maximum Gasteiger partial charge on any atom is 0.306 e. The highest BCUT2D eigenvalue weighted by Gasteiger charge is 2.19. The van der Waals surface area contributed by atoms with Crippen molar-refractivity contribution < 1.29 is 28.6 Å². The molecule has 0 bridgehead atoms. The number of esters is 3. The summed E-state index contributed by atoms with van der Waals surface area (Å²) in [5.41, 5.74) is 0. The fraction of sp³-hybridized carbons (Fsp3) is 0.941. The van der Waals surface area contributed by atoms with Crippen molar-refractivity contribution in [2.24, 2.45) is 11.8 Å². The van der Waals surface area contributed by atoms with Crippen LogP contribution in [0, 0.1) is 11.8 Å². The summed E-state index contributed by atoms with van der Waals surface area (Å²) in [5, 5.41) is 0. The first-order chi connectivity index (χ1) is 27.8. The number of unbranched alkanes of at least 4 members (excludes halogenated alkanes) is 29. The molecular formula is C51H98O6. The minimum Gasteiger partial charge on any atom is -0.462 e. The van der Waals surface area contributed by atoms with Crippen molar-refractivity contribution >= 4 is 17.9 Å². The molecule has 0 heterocycles. The highest BCUT2D eigenvalue weighted by molar-refractivity contribution is 5.71. The fourth-order valence-corrected chi connectivity index (χ4v) is 7.60. The van der Waals surface area contributed by atoms with E-state index in [-0.39, 0.29) is 31.1 Å². The molecule has 0 aromatic carbocycles. The van der Waals surface area contributed by atoms with E-state index in [1.807, 2.05) is 0 Å². The van der Waals surface area contributed by atoms with Gasteiger partial charge in [0.05, 0.1) is 0 Å². The molecule has 0 N–H and O–H groups in total.